The van der Waals surface area contributed by atoms with Crippen molar-refractivity contribution in [2.75, 3.05) is 34.4 Å². The number of fused-ring (bicyclic) bond motifs is 1. The molecule has 0 unspecified atom stereocenters. The van der Waals surface area contributed by atoms with Crippen LogP contribution in [0, 0.1) is 5.92 Å². The van der Waals surface area contributed by atoms with Gasteiger partial charge in [0.1, 0.15) is 5.76 Å². The highest BCUT2D eigenvalue weighted by Crippen LogP contribution is 2.51. The second kappa shape index (κ2) is 10.1. The first-order valence-corrected chi connectivity index (χ1v) is 11.5. The van der Waals surface area contributed by atoms with E-state index in [1.807, 2.05) is 18.2 Å². The van der Waals surface area contributed by atoms with Crippen LogP contribution in [0.15, 0.2) is 34.9 Å². The number of hydrogen-bond acceptors (Lipinski definition) is 7. The van der Waals surface area contributed by atoms with Gasteiger partial charge in [-0.25, -0.2) is 0 Å². The topological polar surface area (TPSA) is 93.4 Å². The molecule has 0 radical (unpaired) electrons. The third-order valence-corrected chi connectivity index (χ3v) is 7.09. The van der Waals surface area contributed by atoms with E-state index in [-0.39, 0.29) is 24.4 Å². The molecule has 33 heavy (non-hydrogen) atoms. The molecule has 1 aromatic heterocycles. The molecule has 2 aliphatic rings. The van der Waals surface area contributed by atoms with Gasteiger partial charge in [0.15, 0.2) is 11.5 Å². The molecule has 3 atom stereocenters. The molecule has 1 aliphatic heterocycles. The zero-order valence-corrected chi connectivity index (χ0v) is 19.6. The van der Waals surface area contributed by atoms with Crippen LogP contribution in [-0.4, -0.2) is 55.9 Å². The zero-order chi connectivity index (χ0) is 23.4. The fraction of sp³-hybridized carbons (Fsp3) is 0.560. The molecule has 1 amide bonds. The molecular formula is C25H34N2O6. The minimum Gasteiger partial charge on any atom is -0.493 e. The number of aliphatic hydroxyl groups is 1. The van der Waals surface area contributed by atoms with Crippen molar-refractivity contribution in [1.82, 2.24) is 10.2 Å². The van der Waals surface area contributed by atoms with Gasteiger partial charge >= 0.3 is 0 Å². The number of furan rings is 1. The van der Waals surface area contributed by atoms with Crippen LogP contribution in [0.5, 0.6) is 17.2 Å². The molecule has 1 aliphatic carbocycles. The van der Waals surface area contributed by atoms with Crippen LogP contribution in [0.1, 0.15) is 49.5 Å². The molecule has 8 nitrogen and oxygen atoms in total. The summed E-state index contributed by atoms with van der Waals surface area (Å²) >= 11 is 0. The number of nitrogens with zero attached hydrogens (tertiary/aromatic N) is 1. The predicted molar refractivity (Wildman–Crippen MR) is 122 cm³/mol. The highest BCUT2D eigenvalue weighted by atomic mass is 16.5. The fourth-order valence-electron chi connectivity index (χ4n) is 5.47. The van der Waals surface area contributed by atoms with Gasteiger partial charge in [-0.1, -0.05) is 12.8 Å². The van der Waals surface area contributed by atoms with Gasteiger partial charge in [0, 0.05) is 18.5 Å². The molecule has 4 rings (SSSR count). The molecule has 1 aromatic carbocycles. The maximum Gasteiger partial charge on any atom is 0.234 e. The molecule has 0 bridgehead atoms. The van der Waals surface area contributed by atoms with E-state index >= 15 is 0 Å². The molecule has 1 saturated heterocycles. The smallest absolute Gasteiger partial charge is 0.234 e. The molecule has 0 spiro atoms. The number of rotatable bonds is 8. The number of hydrogen-bond donors (Lipinski definition) is 2. The minimum absolute atomic E-state index is 0.0145. The van der Waals surface area contributed by atoms with Crippen molar-refractivity contribution >= 4 is 5.91 Å². The number of amides is 1. The molecule has 2 N–H and O–H groups in total. The lowest BCUT2D eigenvalue weighted by atomic mass is 9.66. The third-order valence-electron chi connectivity index (χ3n) is 7.09. The molecular weight excluding hydrogens is 424 g/mol. The van der Waals surface area contributed by atoms with E-state index < -0.39 is 5.60 Å². The van der Waals surface area contributed by atoms with Crippen LogP contribution in [0.3, 0.4) is 0 Å². The van der Waals surface area contributed by atoms with Crippen molar-refractivity contribution in [2.45, 2.75) is 50.3 Å². The van der Waals surface area contributed by atoms with E-state index in [0.717, 1.165) is 31.2 Å². The van der Waals surface area contributed by atoms with E-state index in [1.54, 1.807) is 33.7 Å². The van der Waals surface area contributed by atoms with Crippen LogP contribution in [0.2, 0.25) is 0 Å². The lowest BCUT2D eigenvalue weighted by Gasteiger charge is -2.52. The number of piperidine rings is 1. The third kappa shape index (κ3) is 4.82. The van der Waals surface area contributed by atoms with Gasteiger partial charge in [0.2, 0.25) is 11.7 Å². The van der Waals surface area contributed by atoms with E-state index in [9.17, 15) is 9.90 Å². The second-order valence-corrected chi connectivity index (χ2v) is 8.94. The summed E-state index contributed by atoms with van der Waals surface area (Å²) in [4.78, 5) is 15.0. The Morgan fingerprint density at radius 3 is 2.58 bits per heavy atom. The minimum atomic E-state index is -0.732. The Bertz CT molecular complexity index is 921. The monoisotopic (exact) mass is 458 g/mol. The largest absolute Gasteiger partial charge is 0.493 e. The van der Waals surface area contributed by atoms with Crippen molar-refractivity contribution in [3.05, 3.63) is 41.9 Å². The van der Waals surface area contributed by atoms with Crippen molar-refractivity contribution in [3.8, 4) is 17.2 Å². The maximum absolute atomic E-state index is 12.8. The molecule has 2 aromatic rings. The number of carbonyl (C=O) groups is 1. The van der Waals surface area contributed by atoms with Crippen molar-refractivity contribution in [3.63, 3.8) is 0 Å². The summed E-state index contributed by atoms with van der Waals surface area (Å²) in [6.07, 6.45) is 6.03. The zero-order valence-electron chi connectivity index (χ0n) is 19.6. The van der Waals surface area contributed by atoms with Crippen molar-refractivity contribution < 1.29 is 28.5 Å². The number of ether oxygens (including phenoxy) is 3. The molecule has 8 heteroatoms. The first-order chi connectivity index (χ1) is 16.0. The van der Waals surface area contributed by atoms with E-state index in [0.29, 0.717) is 42.5 Å². The number of likely N-dealkylation sites (tertiary alicyclic amines) is 1. The number of methoxy groups -OCH3 is 3. The van der Waals surface area contributed by atoms with Crippen LogP contribution in [0.4, 0.5) is 0 Å². The summed E-state index contributed by atoms with van der Waals surface area (Å²) < 4.78 is 22.0. The van der Waals surface area contributed by atoms with Gasteiger partial charge in [-0.3, -0.25) is 9.69 Å². The molecule has 2 heterocycles. The van der Waals surface area contributed by atoms with Gasteiger partial charge in [0.05, 0.1) is 46.3 Å². The molecule has 1 saturated carbocycles. The average Bonchev–Trinajstić information content (AvgIpc) is 3.35. The van der Waals surface area contributed by atoms with Crippen molar-refractivity contribution in [2.24, 2.45) is 5.92 Å². The molecule has 2 fully saturated rings. The quantitative estimate of drug-likeness (QED) is 0.627. The van der Waals surface area contributed by atoms with Gasteiger partial charge < -0.3 is 29.1 Å². The lowest BCUT2D eigenvalue weighted by molar-refractivity contribution is -0.138. The number of carbonyl (C=O) groups excluding carboxylic acids is 1. The summed E-state index contributed by atoms with van der Waals surface area (Å²) in [5, 5.41) is 14.5. The Morgan fingerprint density at radius 1 is 1.18 bits per heavy atom. The lowest BCUT2D eigenvalue weighted by Crippen LogP contribution is -2.56. The summed E-state index contributed by atoms with van der Waals surface area (Å²) in [7, 11) is 4.77. The Labute approximate surface area is 194 Å². The number of benzene rings is 1. The number of nitrogens with one attached hydrogen (secondary N) is 1. The van der Waals surface area contributed by atoms with Crippen LogP contribution < -0.4 is 19.5 Å². The summed E-state index contributed by atoms with van der Waals surface area (Å²) in [5.74, 6) is 2.31. The second-order valence-electron chi connectivity index (χ2n) is 8.94. The summed E-state index contributed by atoms with van der Waals surface area (Å²) in [5.41, 5.74) is 0.220. The Balaban J connectivity index is 1.64. The van der Waals surface area contributed by atoms with Crippen LogP contribution in [-0.2, 0) is 11.3 Å². The summed E-state index contributed by atoms with van der Waals surface area (Å²) in [6, 6.07) is 7.38. The van der Waals surface area contributed by atoms with Crippen molar-refractivity contribution in [1.29, 1.82) is 0 Å². The highest BCUT2D eigenvalue weighted by molar-refractivity contribution is 5.78. The van der Waals surface area contributed by atoms with Gasteiger partial charge in [-0.2, -0.15) is 0 Å². The van der Waals surface area contributed by atoms with E-state index in [1.165, 1.54) is 0 Å². The SMILES string of the molecule is COc1cc([C@H]2[C@H]3CCCC[C@@]3(O)CCN2CC(=O)NCc2ccco2)cc(OC)c1OC. The Hall–Kier alpha value is -2.71. The van der Waals surface area contributed by atoms with Gasteiger partial charge in [0.25, 0.3) is 0 Å². The van der Waals surface area contributed by atoms with Crippen LogP contribution >= 0.6 is 0 Å². The van der Waals surface area contributed by atoms with E-state index in [4.69, 9.17) is 18.6 Å². The Kier molecular flexibility index (Phi) is 7.14. The average molecular weight is 459 g/mol. The van der Waals surface area contributed by atoms with Gasteiger partial charge in [-0.05, 0) is 49.1 Å². The fourth-order valence-corrected chi connectivity index (χ4v) is 5.47. The van der Waals surface area contributed by atoms with E-state index in [2.05, 4.69) is 10.2 Å². The predicted octanol–water partition coefficient (Wildman–Crippen LogP) is 3.29. The first-order valence-electron chi connectivity index (χ1n) is 11.5. The van der Waals surface area contributed by atoms with Crippen LogP contribution in [0.25, 0.3) is 0 Å². The standard InChI is InChI=1S/C25H34N2O6/c1-30-20-13-17(14-21(31-2)24(20)32-3)23-19-8-4-5-9-25(19,29)10-11-27(23)16-22(28)26-15-18-7-6-12-33-18/h6-7,12-14,19,23,29H,4-5,8-11,15-16H2,1-3H3,(H,26,28)/t19-,23+,25-/m1/s1. The first kappa shape index (κ1) is 23.4. The van der Waals surface area contributed by atoms with Gasteiger partial charge in [-0.15, -0.1) is 0 Å². The summed E-state index contributed by atoms with van der Waals surface area (Å²) in [6.45, 7) is 1.21. The highest BCUT2D eigenvalue weighted by Gasteiger charge is 2.49. The Morgan fingerprint density at radius 2 is 1.94 bits per heavy atom. The normalized spacial score (nSPS) is 25.2. The molecule has 180 valence electrons. The maximum atomic E-state index is 12.8.